The summed E-state index contributed by atoms with van der Waals surface area (Å²) in [6.45, 7) is 13.1. The second-order valence-corrected chi connectivity index (χ2v) is 24.1. The number of allylic oxidation sites excluding steroid dienone is 3. The molecule has 2 saturated heterocycles. The highest BCUT2D eigenvalue weighted by Crippen LogP contribution is 2.40. The van der Waals surface area contributed by atoms with Gasteiger partial charge < -0.3 is 48.6 Å². The molecular weight excluding hydrogens is 1520 g/mol. The van der Waals surface area contributed by atoms with Crippen LogP contribution in [-0.4, -0.2) is 150 Å². The molecule has 4 rings (SSSR count). The molecule has 0 aromatic carbocycles. The van der Waals surface area contributed by atoms with E-state index in [2.05, 4.69) is 317 Å². The molecule has 28 nitrogen and oxygen atoms in total. The van der Waals surface area contributed by atoms with Gasteiger partial charge in [0.05, 0.1) is 43.7 Å². The quantitative estimate of drug-likeness (QED) is 0.0125. The number of Topliss-reactive ketones (excluding diaryl/α,β-unsaturated/α-hetero) is 2. The number of rotatable bonds is 20. The second kappa shape index (κ2) is 65.5. The summed E-state index contributed by atoms with van der Waals surface area (Å²) in [5.41, 5.74) is 3.04. The van der Waals surface area contributed by atoms with E-state index in [0.29, 0.717) is 50.5 Å². The van der Waals surface area contributed by atoms with Crippen molar-refractivity contribution in [1.82, 2.24) is 10.5 Å². The summed E-state index contributed by atoms with van der Waals surface area (Å²) in [5, 5.41) is 77.4. The predicted octanol–water partition coefficient (Wildman–Crippen LogP) is 12.3. The number of aliphatic hydroxyl groups excluding tert-OH is 2. The lowest BCUT2D eigenvalue weighted by Crippen LogP contribution is -2.64. The number of carbonyl (C=O) groups excluding carboxylic acids is 4. The van der Waals surface area contributed by atoms with Gasteiger partial charge in [-0.05, 0) is 248 Å². The molecule has 0 radical (unpaired) electrons. The number of carbonyl (C=O) groups is 4. The fourth-order valence-electron chi connectivity index (χ4n) is 11.2. The van der Waals surface area contributed by atoms with E-state index in [1.807, 2.05) is 32.9 Å². The molecule has 1 saturated carbocycles. The van der Waals surface area contributed by atoms with Gasteiger partial charge in [0.2, 0.25) is 5.79 Å². The molecule has 28 heteroatoms. The van der Waals surface area contributed by atoms with E-state index >= 15 is 0 Å². The number of ketones is 2. The van der Waals surface area contributed by atoms with Crippen molar-refractivity contribution in [2.45, 2.75) is 174 Å². The van der Waals surface area contributed by atoms with E-state index in [1.165, 1.54) is 24.8 Å². The lowest BCUT2D eigenvalue weighted by atomic mass is 9.81. The topological polar surface area (TPSA) is 342 Å². The third-order valence-corrected chi connectivity index (χ3v) is 16.3. The Morgan fingerprint density at radius 1 is 0.585 bits per heavy atom. The molecular formula is C90H148N2O26. The maximum absolute atomic E-state index is 14.4. The number of terminal acetylenes is 1. The van der Waals surface area contributed by atoms with Crippen LogP contribution in [0, 0.1) is 291 Å². The van der Waals surface area contributed by atoms with Crippen LogP contribution < -0.4 is 5.64 Å². The number of cyclic esters (lactones) is 1. The van der Waals surface area contributed by atoms with Crippen LogP contribution in [0.5, 0.6) is 0 Å². The summed E-state index contributed by atoms with van der Waals surface area (Å²) in [6, 6.07) is -1.14. The Kier molecular flexibility index (Phi) is 56.2. The molecule has 1 amide bonds. The zero-order chi connectivity index (χ0) is 86.5. The van der Waals surface area contributed by atoms with E-state index in [4.69, 9.17) is 45.4 Å². The Balaban J connectivity index is -0.0000000450. The average molecular weight is 1670 g/mol. The van der Waals surface area contributed by atoms with Crippen LogP contribution >= 0.6 is 0 Å². The maximum atomic E-state index is 14.4. The normalized spacial score (nSPS) is 22.8. The number of nitrogens with zero attached hydrogens (tertiary/aromatic N) is 1. The minimum atomic E-state index is -2.51. The number of amides is 1. The monoisotopic (exact) mass is 1670 g/mol. The molecule has 0 spiro atoms. The summed E-state index contributed by atoms with van der Waals surface area (Å²) < 4.78 is 35.9. The third kappa shape index (κ3) is 43.6. The van der Waals surface area contributed by atoms with E-state index in [-0.39, 0.29) is 117 Å². The molecule has 0 aromatic heterocycles. The highest BCUT2D eigenvalue weighted by Gasteiger charge is 2.57. The first-order valence-electron chi connectivity index (χ1n) is 35.4. The highest BCUT2D eigenvalue weighted by atomic mass is 17.9. The number of hydrogen-bond acceptors (Lipinski definition) is 27. The molecule has 6 N–H and O–H groups in total. The second-order valence-electron chi connectivity index (χ2n) is 24.1. The van der Waals surface area contributed by atoms with E-state index in [9.17, 15) is 34.5 Å². The number of nitrogens with one attached hydrogen (secondary N) is 1. The molecule has 1 aliphatic carbocycles. The summed E-state index contributed by atoms with van der Waals surface area (Å²) in [7, 11) is 4.69. The first kappa shape index (κ1) is 101. The van der Waals surface area contributed by atoms with Gasteiger partial charge in [-0.2, -0.15) is 0 Å². The number of esters is 1. The Hall–Kier alpha value is -12.8. The first-order valence-corrected chi connectivity index (χ1v) is 35.4. The van der Waals surface area contributed by atoms with E-state index in [1.54, 1.807) is 27.9 Å². The van der Waals surface area contributed by atoms with Crippen molar-refractivity contribution in [3.8, 4) is 261 Å². The van der Waals surface area contributed by atoms with Gasteiger partial charge in [0.25, 0.3) is 11.7 Å². The smallest absolute Gasteiger partial charge is 0.329 e. The van der Waals surface area contributed by atoms with Crippen LogP contribution in [0.4, 0.5) is 0 Å². The van der Waals surface area contributed by atoms with Gasteiger partial charge in [0, 0.05) is 254 Å². The largest absolute Gasteiger partial charge is 0.456 e. The molecule has 3 aliphatic heterocycles. The molecule has 674 valence electrons. The molecule has 3 heterocycles. The van der Waals surface area contributed by atoms with Crippen LogP contribution in [0.3, 0.4) is 0 Å². The Bertz CT molecular complexity index is 5100. The van der Waals surface area contributed by atoms with Crippen molar-refractivity contribution in [3.05, 3.63) is 23.3 Å². The number of hydrogen-bond donors (Lipinski definition) is 6. The SMILES string of the molecule is C#CC#CC#CC#CC#CC#CC#CC#CC#CC#CC#CC#CC#CC#CC#CC#CC#CC#CC#CC#CC#CC#CC.CC[C@@H]1/C=C(\C)C[C@H](C)C[C@H](OC)[C@H]2O[C@@](O)(C(=O)C(=O)N3CCCC[C@H]3C(=O)O[C@H](/C(C)=C/[C@@H]3CC[C@@H](OCCO)[C@H](OC)C3)[C@H](C)[C@@H](O)CC1=O)[C@H](C)C[C@@H]2OC.OOOOOONOOOOOOO.[HH].[HH].[HH].[HH].[HH].[HH].[HH].[HH].[HH].[HH].[HH].[HH].[HH].[HH].[HH].[HH].[HH].[HH].[HH].[HH].[HH].[HH].[HH].[HH].[HH].[HH].[HH].[HH].[HH].[HH].[HH].[HH].[HH].[HH]. The van der Waals surface area contributed by atoms with Gasteiger partial charge >= 0.3 is 5.97 Å². The number of aliphatic hydroxyl groups is 3. The van der Waals surface area contributed by atoms with Crippen molar-refractivity contribution in [1.29, 1.82) is 0 Å². The summed E-state index contributed by atoms with van der Waals surface area (Å²) in [6.07, 6.45) is 9.48. The van der Waals surface area contributed by atoms with Crippen molar-refractivity contribution in [2.75, 3.05) is 41.1 Å². The van der Waals surface area contributed by atoms with Gasteiger partial charge in [-0.15, -0.1) is 6.42 Å². The summed E-state index contributed by atoms with van der Waals surface area (Å²) in [4.78, 5) is 65.2. The molecule has 14 atom stereocenters. The number of fused-ring (bicyclic) bond motifs is 3. The molecule has 3 fully saturated rings. The Morgan fingerprint density at radius 2 is 1.02 bits per heavy atom. The summed E-state index contributed by atoms with van der Waals surface area (Å²) in [5.74, 6) is 99.4. The highest BCUT2D eigenvalue weighted by molar-refractivity contribution is 6.39. The maximum Gasteiger partial charge on any atom is 0.329 e. The lowest BCUT2D eigenvalue weighted by Gasteiger charge is -2.47. The van der Waals surface area contributed by atoms with Crippen molar-refractivity contribution in [2.24, 2.45) is 29.6 Å². The molecule has 0 aromatic rings. The van der Waals surface area contributed by atoms with E-state index < -0.39 is 77.8 Å². The van der Waals surface area contributed by atoms with Crippen molar-refractivity contribution >= 4 is 23.4 Å². The van der Waals surface area contributed by atoms with Crippen LogP contribution in [0.1, 0.15) is 168 Å². The Labute approximate surface area is 738 Å². The number of ether oxygens (including phenoxy) is 6. The van der Waals surface area contributed by atoms with Gasteiger partial charge in [0.1, 0.15) is 24.0 Å². The predicted molar refractivity (Wildman–Crippen MR) is 489 cm³/mol. The van der Waals surface area contributed by atoms with Crippen LogP contribution in [0.25, 0.3) is 0 Å². The third-order valence-electron chi connectivity index (χ3n) is 16.3. The van der Waals surface area contributed by atoms with Gasteiger partial charge in [0.15, 0.2) is 0 Å². The van der Waals surface area contributed by atoms with Crippen LogP contribution in [0.15, 0.2) is 23.3 Å². The minimum absolute atomic E-state index is 0. The zero-order valence-electron chi connectivity index (χ0n) is 65.9. The fourth-order valence-corrected chi connectivity index (χ4v) is 11.2. The van der Waals surface area contributed by atoms with Gasteiger partial charge in [-0.25, -0.2) is 15.3 Å². The summed E-state index contributed by atoms with van der Waals surface area (Å²) >= 11 is 0. The fraction of sp³-hybridized carbons (Fsp3) is 0.422. The molecule has 118 heavy (non-hydrogen) atoms. The first-order chi connectivity index (χ1) is 57.3. The standard InChI is InChI=1S/C45H73NO13.C45H4.H3NO13.34H2/c1-10-32-20-26(2)19-27(3)21-38(55-8)41-39(56-9)23-29(5)45(53,59-41)42(50)43(51)46-16-12-11-13-33(46)44(52)58-40(30(6)34(48)25-35(32)49)28(4)22-31-14-15-36(57-18-17-47)37(24-31)54-7;1-3-5-7-9-11-13-15-17-19-21-23-25-27-29-31-33-35-37-39-41-43-45-44-42-40-38-36-34-32-30-28-26-24-22-20-18-16-14-12-10-8-6-4-2;2-6-10-12-8-4-1-5-9-13-14-11-7-3;;;;;;;;;;;;;;;;;;;;;;;;;;;;;;;;;;/h20,22,27,29-34,36-41,47-48,53H,10-19,21,23-25H2,1-9H3;1H,2H3;1-3H;34*1H/b26-20+,28-22+;;;;;;;;;;;;;;;;;;;;;;;;;;;;;;;;;;;;/t27-,29+,30+,31-,32+,33-,34-,36+,37+,38-,39-,40+,41+,45+;;;;;;;;;;;;;;;;;;;;;;;;;;;;;;;;;;;;/m0..................................../s1. The lowest BCUT2D eigenvalue weighted by molar-refractivity contribution is -0.808. The number of piperidine rings is 1. The molecule has 4 aliphatic rings. The zero-order valence-corrected chi connectivity index (χ0v) is 65.9. The Morgan fingerprint density at radius 3 is 1.44 bits per heavy atom. The van der Waals surface area contributed by atoms with Crippen molar-refractivity contribution in [3.63, 3.8) is 0 Å². The minimum Gasteiger partial charge on any atom is -0.456 e. The van der Waals surface area contributed by atoms with Crippen molar-refractivity contribution < 1.29 is 177 Å². The van der Waals surface area contributed by atoms with Gasteiger partial charge in [-0.1, -0.05) is 61.3 Å². The van der Waals surface area contributed by atoms with Gasteiger partial charge in [-0.3, -0.25) is 14.4 Å². The number of methoxy groups -OCH3 is 3. The van der Waals surface area contributed by atoms with Crippen LogP contribution in [0.2, 0.25) is 0 Å². The molecule has 2 bridgehead atoms. The van der Waals surface area contributed by atoms with Crippen LogP contribution in [-0.2, 0) is 103 Å². The van der Waals surface area contributed by atoms with E-state index in [0.717, 1.165) is 12.0 Å². The molecule has 0 unspecified atom stereocenters. The average Bonchev–Trinajstić information content (AvgIpc) is 0.794.